The molecule has 0 spiro atoms. The first-order valence-corrected chi connectivity index (χ1v) is 7.59. The van der Waals surface area contributed by atoms with Crippen molar-refractivity contribution in [2.75, 3.05) is 0 Å². The van der Waals surface area contributed by atoms with Gasteiger partial charge in [-0.2, -0.15) is 0 Å². The molecule has 2 rings (SSSR count). The van der Waals surface area contributed by atoms with Crippen LogP contribution >= 0.6 is 0 Å². The Hall–Kier alpha value is -0.0301. The molecular formula is C15H34B2O4. The first-order valence-electron chi connectivity index (χ1n) is 7.59. The maximum absolute atomic E-state index is 5.96. The highest BCUT2D eigenvalue weighted by Gasteiger charge is 2.63. The summed E-state index contributed by atoms with van der Waals surface area (Å²) in [7, 11) is -0.952. The molecule has 0 saturated carbocycles. The van der Waals surface area contributed by atoms with Crippen molar-refractivity contribution in [2.24, 2.45) is 0 Å². The van der Waals surface area contributed by atoms with E-state index in [4.69, 9.17) is 18.6 Å². The second-order valence-electron chi connectivity index (χ2n) is 7.25. The number of rotatable bonds is 1. The maximum atomic E-state index is 5.96. The molecule has 0 N–H and O–H groups in total. The predicted octanol–water partition coefficient (Wildman–Crippen LogP) is 3.91. The van der Waals surface area contributed by atoms with Crippen molar-refractivity contribution in [3.8, 4) is 0 Å². The van der Waals surface area contributed by atoms with Gasteiger partial charge >= 0.3 is 14.0 Å². The third kappa shape index (κ3) is 3.66. The second-order valence-corrected chi connectivity index (χ2v) is 7.25. The highest BCUT2D eigenvalue weighted by atomic mass is 16.7. The summed E-state index contributed by atoms with van der Waals surface area (Å²) in [5.41, 5.74) is -1.44. The SMILES string of the molecule is C.CC.CC1(C)OB(B2OC(C)(C)C(C)(C)O2)OC1(C)C. The van der Waals surface area contributed by atoms with E-state index in [2.05, 4.69) is 0 Å². The zero-order chi connectivity index (χ0) is 16.0. The molecule has 2 aliphatic rings. The lowest BCUT2D eigenvalue weighted by Gasteiger charge is -2.32. The van der Waals surface area contributed by atoms with Gasteiger partial charge in [0.15, 0.2) is 0 Å². The molecular weight excluding hydrogens is 266 g/mol. The second kappa shape index (κ2) is 6.23. The largest absolute Gasteiger partial charge is 0.488 e. The van der Waals surface area contributed by atoms with Crippen LogP contribution in [0.1, 0.15) is 76.7 Å². The third-order valence-electron chi connectivity index (χ3n) is 4.77. The van der Waals surface area contributed by atoms with Gasteiger partial charge in [0.05, 0.1) is 22.4 Å². The average Bonchev–Trinajstić information content (AvgIpc) is 2.61. The topological polar surface area (TPSA) is 36.9 Å². The van der Waals surface area contributed by atoms with Gasteiger partial charge in [-0.05, 0) is 55.4 Å². The van der Waals surface area contributed by atoms with Crippen LogP contribution < -0.4 is 0 Å². The van der Waals surface area contributed by atoms with E-state index in [9.17, 15) is 0 Å². The van der Waals surface area contributed by atoms with E-state index >= 15 is 0 Å². The van der Waals surface area contributed by atoms with Crippen molar-refractivity contribution in [1.82, 2.24) is 0 Å². The summed E-state index contributed by atoms with van der Waals surface area (Å²) in [6.45, 7) is 20.2. The van der Waals surface area contributed by atoms with Gasteiger partial charge in [0.2, 0.25) is 0 Å². The van der Waals surface area contributed by atoms with Gasteiger partial charge in [-0.3, -0.25) is 0 Å². The van der Waals surface area contributed by atoms with E-state index < -0.39 is 14.0 Å². The van der Waals surface area contributed by atoms with Crippen LogP contribution in [-0.2, 0) is 18.6 Å². The normalized spacial score (nSPS) is 27.7. The first-order chi connectivity index (χ1) is 8.88. The molecule has 0 radical (unpaired) electrons. The van der Waals surface area contributed by atoms with Crippen molar-refractivity contribution in [2.45, 2.75) is 99.1 Å². The van der Waals surface area contributed by atoms with Crippen molar-refractivity contribution in [3.63, 3.8) is 0 Å². The van der Waals surface area contributed by atoms with Crippen LogP contribution in [0.25, 0.3) is 0 Å². The fourth-order valence-corrected chi connectivity index (χ4v) is 2.00. The molecule has 0 atom stereocenters. The highest BCUT2D eigenvalue weighted by molar-refractivity contribution is 7.11. The smallest absolute Gasteiger partial charge is 0.405 e. The lowest BCUT2D eigenvalue weighted by atomic mass is 9.49. The molecule has 124 valence electrons. The van der Waals surface area contributed by atoms with Crippen molar-refractivity contribution in [3.05, 3.63) is 0 Å². The van der Waals surface area contributed by atoms with E-state index in [0.717, 1.165) is 0 Å². The van der Waals surface area contributed by atoms with Gasteiger partial charge in [0, 0.05) is 0 Å². The lowest BCUT2D eigenvalue weighted by Crippen LogP contribution is -2.41. The molecule has 6 heteroatoms. The van der Waals surface area contributed by atoms with Crippen LogP contribution in [0.4, 0.5) is 0 Å². The van der Waals surface area contributed by atoms with Crippen LogP contribution in [-0.4, -0.2) is 36.4 Å². The zero-order valence-corrected chi connectivity index (χ0v) is 14.8. The molecule has 2 aliphatic heterocycles. The minimum Gasteiger partial charge on any atom is -0.405 e. The Morgan fingerprint density at radius 1 is 0.476 bits per heavy atom. The Balaban J connectivity index is 0.00000128. The Morgan fingerprint density at radius 2 is 0.619 bits per heavy atom. The van der Waals surface area contributed by atoms with Gasteiger partial charge < -0.3 is 18.6 Å². The molecule has 2 heterocycles. The van der Waals surface area contributed by atoms with E-state index in [-0.39, 0.29) is 29.8 Å². The maximum Gasteiger partial charge on any atom is 0.488 e. The minimum atomic E-state index is -0.476. The van der Waals surface area contributed by atoms with Crippen LogP contribution in [0.2, 0.25) is 0 Å². The standard InChI is InChI=1S/C12H24B2O4.C2H6.CH4/c1-9(2)10(3,4)16-13(15-9)14-17-11(5,6)12(7,8)18-14;1-2;/h1-8H3;1-2H3;1H4. The van der Waals surface area contributed by atoms with Crippen molar-refractivity contribution in [1.29, 1.82) is 0 Å². The summed E-state index contributed by atoms with van der Waals surface area (Å²) < 4.78 is 23.8. The predicted molar refractivity (Wildman–Crippen MR) is 90.2 cm³/mol. The molecule has 0 aromatic carbocycles. The lowest BCUT2D eigenvalue weighted by molar-refractivity contribution is 0.00578. The molecule has 2 fully saturated rings. The van der Waals surface area contributed by atoms with Crippen LogP contribution in [0, 0.1) is 0 Å². The summed E-state index contributed by atoms with van der Waals surface area (Å²) in [6.07, 6.45) is 0. The Kier molecular flexibility index (Phi) is 6.22. The first kappa shape index (κ1) is 21.0. The third-order valence-corrected chi connectivity index (χ3v) is 4.77. The summed E-state index contributed by atoms with van der Waals surface area (Å²) in [4.78, 5) is 0. The van der Waals surface area contributed by atoms with Gasteiger partial charge in [-0.25, -0.2) is 0 Å². The van der Waals surface area contributed by atoms with Crippen molar-refractivity contribution < 1.29 is 18.6 Å². The molecule has 0 amide bonds. The molecule has 4 nitrogen and oxygen atoms in total. The minimum absolute atomic E-state index is 0. The Morgan fingerprint density at radius 3 is 0.762 bits per heavy atom. The molecule has 21 heavy (non-hydrogen) atoms. The Labute approximate surface area is 132 Å². The van der Waals surface area contributed by atoms with E-state index in [1.165, 1.54) is 0 Å². The Bertz CT molecular complexity index is 288. The molecule has 0 bridgehead atoms. The van der Waals surface area contributed by atoms with Gasteiger partial charge in [-0.1, -0.05) is 21.3 Å². The van der Waals surface area contributed by atoms with Crippen molar-refractivity contribution >= 4 is 14.0 Å². The quantitative estimate of drug-likeness (QED) is 0.688. The van der Waals surface area contributed by atoms with Crippen LogP contribution in [0.15, 0.2) is 0 Å². The van der Waals surface area contributed by atoms with E-state index in [1.807, 2.05) is 69.2 Å². The van der Waals surface area contributed by atoms with Crippen LogP contribution in [0.3, 0.4) is 0 Å². The summed E-state index contributed by atoms with van der Waals surface area (Å²) >= 11 is 0. The number of hydrogen-bond donors (Lipinski definition) is 0. The summed E-state index contributed by atoms with van der Waals surface area (Å²) in [5.74, 6) is 0. The molecule has 0 aromatic rings. The van der Waals surface area contributed by atoms with Gasteiger partial charge in [-0.15, -0.1) is 0 Å². The average molecular weight is 300 g/mol. The number of hydrogen-bond acceptors (Lipinski definition) is 4. The van der Waals surface area contributed by atoms with Gasteiger partial charge in [0.25, 0.3) is 0 Å². The molecule has 0 unspecified atom stereocenters. The monoisotopic (exact) mass is 300 g/mol. The van der Waals surface area contributed by atoms with Crippen LogP contribution in [0.5, 0.6) is 0 Å². The molecule has 2 saturated heterocycles. The summed E-state index contributed by atoms with van der Waals surface area (Å²) in [6, 6.07) is 0. The highest BCUT2D eigenvalue weighted by Crippen LogP contribution is 2.42. The zero-order valence-electron chi connectivity index (χ0n) is 14.8. The van der Waals surface area contributed by atoms with E-state index in [1.54, 1.807) is 0 Å². The molecule has 0 aromatic heterocycles. The van der Waals surface area contributed by atoms with Gasteiger partial charge in [0.1, 0.15) is 0 Å². The summed E-state index contributed by atoms with van der Waals surface area (Å²) in [5, 5.41) is 0. The fourth-order valence-electron chi connectivity index (χ4n) is 2.00. The molecule has 0 aliphatic carbocycles. The van der Waals surface area contributed by atoms with E-state index in [0.29, 0.717) is 0 Å². The fraction of sp³-hybridized carbons (Fsp3) is 1.00.